The number of piperidine rings is 1. The number of carbonyl (C=O) groups excluding carboxylic acids is 1. The minimum Gasteiger partial charge on any atom is -0.355 e. The van der Waals surface area contributed by atoms with Crippen LogP contribution in [0, 0.1) is 5.92 Å². The molecule has 2 N–H and O–H groups in total. The van der Waals surface area contributed by atoms with Gasteiger partial charge in [-0.25, -0.2) is 0 Å². The average Bonchev–Trinajstić information content (AvgIpc) is 3.00. The molecule has 0 aromatic heterocycles. The molecule has 2 fully saturated rings. The summed E-state index contributed by atoms with van der Waals surface area (Å²) in [7, 11) is 2.19. The fraction of sp³-hybridized carbons (Fsp3) is 0.938. The molecule has 1 heterocycles. The van der Waals surface area contributed by atoms with E-state index in [0.717, 1.165) is 44.6 Å². The van der Waals surface area contributed by atoms with Gasteiger partial charge in [0.1, 0.15) is 0 Å². The molecule has 22 heavy (non-hydrogen) atoms. The number of halogens is 2. The molecule has 4 nitrogen and oxygen atoms in total. The number of nitrogens with one attached hydrogen (secondary N) is 2. The van der Waals surface area contributed by atoms with Crippen molar-refractivity contribution in [2.75, 3.05) is 33.2 Å². The lowest BCUT2D eigenvalue weighted by Crippen LogP contribution is -2.37. The smallest absolute Gasteiger partial charge is 0.220 e. The van der Waals surface area contributed by atoms with E-state index in [-0.39, 0.29) is 30.7 Å². The molecular formula is C16H33Cl2N3O. The minimum absolute atomic E-state index is 0. The molecule has 0 radical (unpaired) electrons. The van der Waals surface area contributed by atoms with E-state index < -0.39 is 0 Å². The first-order chi connectivity index (χ1) is 9.75. The zero-order valence-corrected chi connectivity index (χ0v) is 15.4. The molecule has 0 spiro atoms. The Morgan fingerprint density at radius 2 is 1.77 bits per heavy atom. The molecule has 0 bridgehead atoms. The normalized spacial score (nSPS) is 19.5. The van der Waals surface area contributed by atoms with E-state index in [4.69, 9.17) is 0 Å². The number of hydrogen-bond acceptors (Lipinski definition) is 3. The SMILES string of the molecule is CN(CCNC(=O)CCC1CCNCC1)C1CCCC1.Cl.Cl. The Balaban J connectivity index is 0.00000220. The Morgan fingerprint density at radius 3 is 2.41 bits per heavy atom. The van der Waals surface area contributed by atoms with Gasteiger partial charge < -0.3 is 15.5 Å². The molecule has 1 amide bonds. The van der Waals surface area contributed by atoms with Crippen LogP contribution in [0.15, 0.2) is 0 Å². The van der Waals surface area contributed by atoms with Gasteiger partial charge >= 0.3 is 0 Å². The van der Waals surface area contributed by atoms with Crippen molar-refractivity contribution in [2.24, 2.45) is 5.92 Å². The Morgan fingerprint density at radius 1 is 1.14 bits per heavy atom. The van der Waals surface area contributed by atoms with Crippen LogP contribution in [0.4, 0.5) is 0 Å². The van der Waals surface area contributed by atoms with Crippen molar-refractivity contribution in [3.8, 4) is 0 Å². The Kier molecular flexibility index (Phi) is 12.4. The van der Waals surface area contributed by atoms with Crippen LogP contribution in [0.1, 0.15) is 51.4 Å². The molecule has 0 atom stereocenters. The number of nitrogens with zero attached hydrogens (tertiary/aromatic N) is 1. The van der Waals surface area contributed by atoms with Crippen LogP contribution in [0.25, 0.3) is 0 Å². The van der Waals surface area contributed by atoms with Crippen molar-refractivity contribution in [1.29, 1.82) is 0 Å². The topological polar surface area (TPSA) is 44.4 Å². The first-order valence-corrected chi connectivity index (χ1v) is 8.43. The van der Waals surface area contributed by atoms with Crippen molar-refractivity contribution in [3.05, 3.63) is 0 Å². The molecule has 0 unspecified atom stereocenters. The number of amides is 1. The predicted octanol–water partition coefficient (Wildman–Crippen LogP) is 2.60. The van der Waals surface area contributed by atoms with E-state index >= 15 is 0 Å². The van der Waals surface area contributed by atoms with E-state index in [1.807, 2.05) is 0 Å². The molecule has 1 aliphatic heterocycles. The Hall–Kier alpha value is -0.0300. The van der Waals surface area contributed by atoms with Crippen LogP contribution in [0.3, 0.4) is 0 Å². The van der Waals surface area contributed by atoms with Gasteiger partial charge in [-0.1, -0.05) is 12.8 Å². The highest BCUT2D eigenvalue weighted by atomic mass is 35.5. The van der Waals surface area contributed by atoms with Gasteiger partial charge in [0.05, 0.1) is 0 Å². The summed E-state index contributed by atoms with van der Waals surface area (Å²) in [6.07, 6.45) is 9.65. The Labute approximate surface area is 148 Å². The van der Waals surface area contributed by atoms with Crippen molar-refractivity contribution in [2.45, 2.75) is 57.4 Å². The van der Waals surface area contributed by atoms with Gasteiger partial charge in [0.15, 0.2) is 0 Å². The van der Waals surface area contributed by atoms with E-state index in [1.54, 1.807) is 0 Å². The maximum atomic E-state index is 11.8. The van der Waals surface area contributed by atoms with E-state index in [2.05, 4.69) is 22.6 Å². The molecule has 0 aromatic rings. The number of carbonyl (C=O) groups is 1. The molecule has 1 saturated heterocycles. The van der Waals surface area contributed by atoms with Crippen LogP contribution in [0.5, 0.6) is 0 Å². The lowest BCUT2D eigenvalue weighted by molar-refractivity contribution is -0.121. The summed E-state index contributed by atoms with van der Waals surface area (Å²) in [6, 6.07) is 0.752. The molecule has 2 rings (SSSR count). The van der Waals surface area contributed by atoms with Gasteiger partial charge in [0.2, 0.25) is 5.91 Å². The number of rotatable bonds is 7. The van der Waals surface area contributed by atoms with Gasteiger partial charge in [-0.15, -0.1) is 24.8 Å². The van der Waals surface area contributed by atoms with Crippen LogP contribution in [-0.4, -0.2) is 50.1 Å². The second-order valence-electron chi connectivity index (χ2n) is 6.50. The maximum absolute atomic E-state index is 11.8. The third-order valence-corrected chi connectivity index (χ3v) is 4.97. The fourth-order valence-electron chi connectivity index (χ4n) is 3.49. The largest absolute Gasteiger partial charge is 0.355 e. The van der Waals surface area contributed by atoms with Crippen LogP contribution in [-0.2, 0) is 4.79 Å². The first-order valence-electron chi connectivity index (χ1n) is 8.43. The van der Waals surface area contributed by atoms with Crippen LogP contribution in [0.2, 0.25) is 0 Å². The first kappa shape index (κ1) is 22.0. The number of likely N-dealkylation sites (N-methyl/N-ethyl adjacent to an activating group) is 1. The molecule has 1 aliphatic carbocycles. The molecular weight excluding hydrogens is 321 g/mol. The maximum Gasteiger partial charge on any atom is 0.220 e. The van der Waals surface area contributed by atoms with E-state index in [9.17, 15) is 4.79 Å². The van der Waals surface area contributed by atoms with Crippen LogP contribution < -0.4 is 10.6 Å². The molecule has 0 aromatic carbocycles. The van der Waals surface area contributed by atoms with Crippen molar-refractivity contribution in [1.82, 2.24) is 15.5 Å². The summed E-state index contributed by atoms with van der Waals surface area (Å²) in [5, 5.41) is 6.45. The molecule has 1 saturated carbocycles. The van der Waals surface area contributed by atoms with Gasteiger partial charge in [-0.3, -0.25) is 4.79 Å². The van der Waals surface area contributed by atoms with Crippen LogP contribution >= 0.6 is 24.8 Å². The van der Waals surface area contributed by atoms with Crippen molar-refractivity contribution >= 4 is 30.7 Å². The second kappa shape index (κ2) is 12.4. The van der Waals surface area contributed by atoms with E-state index in [1.165, 1.54) is 38.5 Å². The predicted molar refractivity (Wildman–Crippen MR) is 97.2 cm³/mol. The summed E-state index contributed by atoms with van der Waals surface area (Å²) < 4.78 is 0. The van der Waals surface area contributed by atoms with Crippen molar-refractivity contribution < 1.29 is 4.79 Å². The molecule has 132 valence electrons. The van der Waals surface area contributed by atoms with Gasteiger partial charge in [0.25, 0.3) is 0 Å². The average molecular weight is 354 g/mol. The lowest BCUT2D eigenvalue weighted by Gasteiger charge is -2.24. The van der Waals surface area contributed by atoms with Gasteiger partial charge in [0, 0.05) is 25.6 Å². The third-order valence-electron chi connectivity index (χ3n) is 4.97. The zero-order chi connectivity index (χ0) is 14.2. The summed E-state index contributed by atoms with van der Waals surface area (Å²) in [5.41, 5.74) is 0. The second-order valence-corrected chi connectivity index (χ2v) is 6.50. The van der Waals surface area contributed by atoms with Gasteiger partial charge in [-0.05, 0) is 58.2 Å². The summed E-state index contributed by atoms with van der Waals surface area (Å²) in [5.74, 6) is 0.992. The highest BCUT2D eigenvalue weighted by Crippen LogP contribution is 2.21. The lowest BCUT2D eigenvalue weighted by atomic mass is 9.93. The van der Waals surface area contributed by atoms with Gasteiger partial charge in [-0.2, -0.15) is 0 Å². The monoisotopic (exact) mass is 353 g/mol. The standard InChI is InChI=1S/C16H31N3O.2ClH/c1-19(15-4-2-3-5-15)13-12-18-16(20)7-6-14-8-10-17-11-9-14;;/h14-15,17H,2-13H2,1H3,(H,18,20);2*1H. The van der Waals surface area contributed by atoms with Crippen molar-refractivity contribution in [3.63, 3.8) is 0 Å². The fourth-order valence-corrected chi connectivity index (χ4v) is 3.49. The third kappa shape index (κ3) is 8.00. The molecule has 2 aliphatic rings. The molecule has 6 heteroatoms. The quantitative estimate of drug-likeness (QED) is 0.739. The highest BCUT2D eigenvalue weighted by Gasteiger charge is 2.19. The minimum atomic E-state index is 0. The summed E-state index contributed by atoms with van der Waals surface area (Å²) in [6.45, 7) is 4.04. The highest BCUT2D eigenvalue weighted by molar-refractivity contribution is 5.85. The van der Waals surface area contributed by atoms with E-state index in [0.29, 0.717) is 6.42 Å². The summed E-state index contributed by atoms with van der Waals surface area (Å²) >= 11 is 0. The number of hydrogen-bond donors (Lipinski definition) is 2. The zero-order valence-electron chi connectivity index (χ0n) is 13.8. The Bertz CT molecular complexity index is 293. The summed E-state index contributed by atoms with van der Waals surface area (Å²) in [4.78, 5) is 14.3.